The number of pyridine rings is 1. The van der Waals surface area contributed by atoms with Crippen LogP contribution in [0.3, 0.4) is 0 Å². The third-order valence-corrected chi connectivity index (χ3v) is 14.1. The molecule has 7 atom stereocenters. The number of aromatic hydroxyl groups is 1. The number of benzene rings is 2. The van der Waals surface area contributed by atoms with E-state index in [0.717, 1.165) is 39.0 Å². The Labute approximate surface area is 385 Å². The number of aromatic nitrogens is 2. The summed E-state index contributed by atoms with van der Waals surface area (Å²) in [6.45, 7) is 13.2. The standard InChI is InChI=1S/C49H62N8O9/c1-10-55-37-16-15-30-23-34(37)39-40(44(64-8)41-33(43(39)55)13-11-17-50-41)49(5,6)26-66-57(63)38-14-12-18-56(52-38)47(61)36(21-29-19-31(30)22-32(58)20-29)51-45(59)42(27(2)3)53(7)46(60)35-25-54(24-28(35)4)48(62)65-9/h11,13,15-17,19-20,22-23,27-28,35-36,38,40,42,44,52H,10,12,14,18,21,24-26H2,1-9H3,(H-,51,58,59)/p+1/t28-,35+,36-,38+,40?,42-,44-/m0/s1. The lowest BCUT2D eigenvalue weighted by atomic mass is 9.67. The van der Waals surface area contributed by atoms with Crippen LogP contribution in [0.1, 0.15) is 83.2 Å². The lowest BCUT2D eigenvalue weighted by Gasteiger charge is -2.41. The van der Waals surface area contributed by atoms with E-state index < -0.39 is 53.6 Å². The molecule has 17 heteroatoms. The summed E-state index contributed by atoms with van der Waals surface area (Å²) in [4.78, 5) is 84.3. The Morgan fingerprint density at radius 1 is 1.11 bits per heavy atom. The molecule has 352 valence electrons. The zero-order chi connectivity index (χ0) is 47.4. The number of amides is 4. The molecule has 4 aliphatic rings. The number of likely N-dealkylation sites (N-methyl/N-ethyl adjacent to an activating group) is 1. The molecule has 0 radical (unpaired) electrons. The lowest BCUT2D eigenvalue weighted by molar-refractivity contribution is -0.835. The van der Waals surface area contributed by atoms with Crippen molar-refractivity contribution in [2.75, 3.05) is 47.5 Å². The average molecular weight is 908 g/mol. The second-order valence-corrected chi connectivity index (χ2v) is 19.4. The van der Waals surface area contributed by atoms with E-state index in [2.05, 4.69) is 54.3 Å². The molecule has 2 aromatic carbocycles. The van der Waals surface area contributed by atoms with Gasteiger partial charge in [0.15, 0.2) is 6.61 Å². The number of phenols is 1. The van der Waals surface area contributed by atoms with Crippen LogP contribution >= 0.6 is 0 Å². The topological polar surface area (TPSA) is 188 Å². The third-order valence-electron chi connectivity index (χ3n) is 14.1. The number of carbonyl (C=O) groups excluding carboxylic acids is 4. The number of aryl methyl sites for hydroxylation is 1. The van der Waals surface area contributed by atoms with Crippen LogP contribution in [0, 0.1) is 28.1 Å². The number of rotatable bonds is 7. The molecule has 4 amide bonds. The van der Waals surface area contributed by atoms with Gasteiger partial charge in [-0.3, -0.25) is 24.4 Å². The van der Waals surface area contributed by atoms with Crippen LogP contribution in [0.4, 0.5) is 4.79 Å². The van der Waals surface area contributed by atoms with E-state index in [0.29, 0.717) is 42.0 Å². The Hall–Kier alpha value is -6.07. The molecule has 5 heterocycles. The predicted molar refractivity (Wildman–Crippen MR) is 245 cm³/mol. The maximum Gasteiger partial charge on any atom is 0.409 e. The van der Waals surface area contributed by atoms with Crippen molar-refractivity contribution >= 4 is 34.7 Å². The van der Waals surface area contributed by atoms with Gasteiger partial charge in [-0.25, -0.2) is 9.63 Å². The largest absolute Gasteiger partial charge is 0.508 e. The molecule has 3 aliphatic heterocycles. The van der Waals surface area contributed by atoms with Gasteiger partial charge in [0.2, 0.25) is 16.7 Å². The first-order chi connectivity index (χ1) is 31.5. The summed E-state index contributed by atoms with van der Waals surface area (Å²) in [5.74, 6) is -2.79. The minimum atomic E-state index is -1.18. The second kappa shape index (κ2) is 18.3. The number of hydrogen-bond acceptors (Lipinski definition) is 11. The van der Waals surface area contributed by atoms with Gasteiger partial charge in [-0.1, -0.05) is 46.8 Å². The molecule has 17 nitrogen and oxygen atoms in total. The number of fused-ring (bicyclic) bond motifs is 8. The number of carbonyl (C=O) groups is 4. The van der Waals surface area contributed by atoms with Gasteiger partial charge in [0.05, 0.1) is 29.3 Å². The minimum Gasteiger partial charge on any atom is -0.508 e. The van der Waals surface area contributed by atoms with Gasteiger partial charge in [-0.15, -0.1) is 0 Å². The molecule has 3 N–H and O–H groups in total. The van der Waals surface area contributed by atoms with Gasteiger partial charge in [0.25, 0.3) is 5.91 Å². The number of hydrazine groups is 1. The van der Waals surface area contributed by atoms with Crippen molar-refractivity contribution in [2.45, 2.75) is 97.6 Å². The number of methoxy groups -OCH3 is 2. The first kappa shape index (κ1) is 46.5. The molecule has 6 bridgehead atoms. The Morgan fingerprint density at radius 3 is 2.59 bits per heavy atom. The highest BCUT2D eigenvalue weighted by Crippen LogP contribution is 2.57. The highest BCUT2D eigenvalue weighted by atomic mass is 16.8. The second-order valence-electron chi connectivity index (χ2n) is 19.4. The smallest absolute Gasteiger partial charge is 0.409 e. The maximum absolute atomic E-state index is 14.8. The summed E-state index contributed by atoms with van der Waals surface area (Å²) in [7, 11) is 4.55. The van der Waals surface area contributed by atoms with Crippen molar-refractivity contribution in [1.29, 1.82) is 0 Å². The summed E-state index contributed by atoms with van der Waals surface area (Å²) in [5, 5.41) is 16.7. The first-order valence-corrected chi connectivity index (χ1v) is 23.0. The molecule has 0 spiro atoms. The molecule has 4 aromatic rings. The van der Waals surface area contributed by atoms with Crippen LogP contribution in [-0.4, -0.2) is 124 Å². The van der Waals surface area contributed by atoms with Crippen LogP contribution in [0.2, 0.25) is 0 Å². The molecule has 1 aliphatic carbocycles. The zero-order valence-corrected chi connectivity index (χ0v) is 39.4. The van der Waals surface area contributed by atoms with Gasteiger partial charge in [-0.2, -0.15) is 5.43 Å². The fourth-order valence-corrected chi connectivity index (χ4v) is 10.9. The fourth-order valence-electron chi connectivity index (χ4n) is 10.9. The third kappa shape index (κ3) is 8.35. The van der Waals surface area contributed by atoms with E-state index in [4.69, 9.17) is 19.3 Å². The Bertz CT molecular complexity index is 2560. The van der Waals surface area contributed by atoms with E-state index >= 15 is 0 Å². The van der Waals surface area contributed by atoms with Crippen molar-refractivity contribution < 1.29 is 43.5 Å². The van der Waals surface area contributed by atoms with Gasteiger partial charge in [-0.05, 0) is 83.8 Å². The number of likely N-dealkylation sites (tertiary alicyclic amines) is 1. The van der Waals surface area contributed by atoms with Crippen LogP contribution in [0.15, 0.2) is 54.7 Å². The number of hydrogen-bond donors (Lipinski definition) is 3. The number of nitrogens with one attached hydrogen (secondary N) is 2. The van der Waals surface area contributed by atoms with Crippen LogP contribution in [-0.2, 0) is 41.7 Å². The predicted octanol–water partition coefficient (Wildman–Crippen LogP) is 5.93. The van der Waals surface area contributed by atoms with E-state index in [1.54, 1.807) is 32.5 Å². The highest BCUT2D eigenvalue weighted by molar-refractivity contribution is 5.97. The molecule has 66 heavy (non-hydrogen) atoms. The average Bonchev–Trinajstić information content (AvgIpc) is 3.85. The minimum absolute atomic E-state index is 0.00499. The summed E-state index contributed by atoms with van der Waals surface area (Å²) in [6.07, 6.45) is 0.672. The molecule has 8 rings (SSSR count). The number of nitrogens with zero attached hydrogens (tertiary/aromatic N) is 6. The normalized spacial score (nSPS) is 24.3. The van der Waals surface area contributed by atoms with Crippen molar-refractivity contribution in [3.05, 3.63) is 76.5 Å². The molecule has 2 fully saturated rings. The van der Waals surface area contributed by atoms with Gasteiger partial charge < -0.3 is 34.3 Å². The monoisotopic (exact) mass is 907 g/mol. The molecule has 1 unspecified atom stereocenters. The maximum atomic E-state index is 14.8. The Kier molecular flexibility index (Phi) is 12.9. The molecular weight excluding hydrogens is 845 g/mol. The van der Waals surface area contributed by atoms with E-state index in [1.807, 2.05) is 39.0 Å². The van der Waals surface area contributed by atoms with Crippen LogP contribution in [0.25, 0.3) is 33.3 Å². The Balaban J connectivity index is 1.21. The van der Waals surface area contributed by atoms with Crippen LogP contribution in [0.5, 0.6) is 5.75 Å². The van der Waals surface area contributed by atoms with Gasteiger partial charge in [0.1, 0.15) is 23.9 Å². The number of phenolic OH excluding ortho intramolecular Hbond substituents is 1. The summed E-state index contributed by atoms with van der Waals surface area (Å²) in [6, 6.07) is 13.3. The summed E-state index contributed by atoms with van der Waals surface area (Å²) < 4.78 is 13.5. The first-order valence-electron chi connectivity index (χ1n) is 23.0. The Morgan fingerprint density at radius 2 is 1.88 bits per heavy atom. The van der Waals surface area contributed by atoms with Gasteiger partial charge >= 0.3 is 12.3 Å². The molecule has 2 saturated heterocycles. The molecule has 0 saturated carbocycles. The van der Waals surface area contributed by atoms with Crippen molar-refractivity contribution in [1.82, 2.24) is 35.1 Å². The fraction of sp³-hybridized carbons (Fsp3) is 0.531. The van der Waals surface area contributed by atoms with Crippen molar-refractivity contribution in [3.8, 4) is 28.1 Å². The summed E-state index contributed by atoms with van der Waals surface area (Å²) in [5.41, 5.74) is 9.35. The lowest BCUT2D eigenvalue weighted by Crippen LogP contribution is -2.62. The van der Waals surface area contributed by atoms with E-state index in [-0.39, 0.29) is 55.5 Å². The van der Waals surface area contributed by atoms with E-state index in [9.17, 15) is 29.2 Å². The van der Waals surface area contributed by atoms with Crippen molar-refractivity contribution in [2.24, 2.45) is 23.2 Å². The van der Waals surface area contributed by atoms with Crippen LogP contribution < -0.4 is 10.7 Å². The van der Waals surface area contributed by atoms with Crippen molar-refractivity contribution in [3.63, 3.8) is 0 Å². The van der Waals surface area contributed by atoms with E-state index in [1.165, 1.54) is 21.9 Å². The highest BCUT2D eigenvalue weighted by Gasteiger charge is 2.49. The molecular formula is C49H63N8O9+. The quantitative estimate of drug-likeness (QED) is 0.200. The molecule has 2 aromatic heterocycles. The van der Waals surface area contributed by atoms with Gasteiger partial charge in [0, 0.05) is 87.2 Å². The SMILES string of the molecule is CCn1c2c3c4cc(ccc41)-c1cc(O)cc(c1)C[C@H](NC(=O)[C@H](C(C)C)N(C)C(=O)[C@@H]1CN(C(=O)OC)C[C@@H]1C)C(=O)N1CCC[C@H](N1)[N+](=O)OCC(C)(C)C3[C@H](OC)c1ncccc1-2. The zero-order valence-electron chi connectivity index (χ0n) is 39.4. The summed E-state index contributed by atoms with van der Waals surface area (Å²) >= 11 is 0. The number of ether oxygens (including phenoxy) is 2.